The van der Waals surface area contributed by atoms with Crippen LogP contribution in [0.1, 0.15) is 6.92 Å². The van der Waals surface area contributed by atoms with Crippen molar-refractivity contribution in [1.82, 2.24) is 0 Å². The van der Waals surface area contributed by atoms with Gasteiger partial charge in [0.05, 0.1) is 12.7 Å². The highest BCUT2D eigenvalue weighted by molar-refractivity contribution is 5.85. The molecular formula is C6H8O3. The molecule has 0 aromatic rings. The van der Waals surface area contributed by atoms with Crippen LogP contribution in [0, 0.1) is 0 Å². The lowest BCUT2D eigenvalue weighted by atomic mass is 10.2. The van der Waals surface area contributed by atoms with Gasteiger partial charge in [-0.2, -0.15) is 0 Å². The maximum absolute atomic E-state index is 10.1. The molecule has 0 aromatic heterocycles. The third-order valence-electron chi connectivity index (χ3n) is 1.13. The minimum atomic E-state index is -0.870. The monoisotopic (exact) mass is 128 g/mol. The van der Waals surface area contributed by atoms with Gasteiger partial charge < -0.3 is 9.84 Å². The lowest BCUT2D eigenvalue weighted by molar-refractivity contribution is -0.132. The Labute approximate surface area is 52.9 Å². The van der Waals surface area contributed by atoms with Gasteiger partial charge in [-0.1, -0.05) is 0 Å². The van der Waals surface area contributed by atoms with E-state index in [1.807, 2.05) is 0 Å². The molecule has 1 N–H and O–H groups in total. The van der Waals surface area contributed by atoms with E-state index in [0.29, 0.717) is 12.2 Å². The average Bonchev–Trinajstić information content (AvgIpc) is 2.50. The third-order valence-corrected chi connectivity index (χ3v) is 1.13. The van der Waals surface area contributed by atoms with Crippen molar-refractivity contribution in [2.75, 3.05) is 6.61 Å². The van der Waals surface area contributed by atoms with Crippen LogP contribution < -0.4 is 0 Å². The first-order valence-electron chi connectivity index (χ1n) is 2.73. The number of carboxylic acid groups (broad SMARTS) is 1. The van der Waals surface area contributed by atoms with Gasteiger partial charge in [-0.3, -0.25) is 0 Å². The van der Waals surface area contributed by atoms with Crippen molar-refractivity contribution >= 4 is 5.97 Å². The number of aliphatic carboxylic acids is 1. The molecule has 1 aliphatic heterocycles. The summed E-state index contributed by atoms with van der Waals surface area (Å²) in [6, 6.07) is 0. The SMILES string of the molecule is CC(=CC1CO1)C(=O)O. The minimum absolute atomic E-state index is 0.0705. The quantitative estimate of drug-likeness (QED) is 0.433. The van der Waals surface area contributed by atoms with Crippen molar-refractivity contribution in [3.8, 4) is 0 Å². The second-order valence-electron chi connectivity index (χ2n) is 2.03. The Balaban J connectivity index is 2.46. The number of hydrogen-bond acceptors (Lipinski definition) is 2. The van der Waals surface area contributed by atoms with Crippen molar-refractivity contribution in [2.45, 2.75) is 13.0 Å². The molecule has 0 amide bonds. The number of ether oxygens (including phenoxy) is 1. The molecule has 0 saturated carbocycles. The summed E-state index contributed by atoms with van der Waals surface area (Å²) in [6.07, 6.45) is 1.68. The molecule has 1 heterocycles. The molecule has 1 fully saturated rings. The molecule has 1 saturated heterocycles. The van der Waals surface area contributed by atoms with Gasteiger partial charge >= 0.3 is 5.97 Å². The van der Waals surface area contributed by atoms with E-state index in [4.69, 9.17) is 9.84 Å². The lowest BCUT2D eigenvalue weighted by Gasteiger charge is -1.87. The molecule has 1 atom stereocenters. The highest BCUT2D eigenvalue weighted by Crippen LogP contribution is 2.12. The van der Waals surface area contributed by atoms with Crippen LogP contribution in [0.3, 0.4) is 0 Å². The summed E-state index contributed by atoms with van der Waals surface area (Å²) in [5, 5.41) is 8.33. The second-order valence-corrected chi connectivity index (χ2v) is 2.03. The van der Waals surface area contributed by atoms with Crippen molar-refractivity contribution < 1.29 is 14.6 Å². The Kier molecular flexibility index (Phi) is 1.53. The summed E-state index contributed by atoms with van der Waals surface area (Å²) < 4.78 is 4.79. The van der Waals surface area contributed by atoms with Gasteiger partial charge in [-0.25, -0.2) is 4.79 Å². The zero-order chi connectivity index (χ0) is 6.85. The molecule has 0 spiro atoms. The predicted molar refractivity (Wildman–Crippen MR) is 31.1 cm³/mol. The Bertz CT molecular complexity index is 156. The van der Waals surface area contributed by atoms with Crippen LogP contribution in [0.25, 0.3) is 0 Å². The van der Waals surface area contributed by atoms with E-state index in [1.165, 1.54) is 0 Å². The predicted octanol–water partition coefficient (Wildman–Crippen LogP) is 0.416. The molecule has 0 bridgehead atoms. The van der Waals surface area contributed by atoms with E-state index in [2.05, 4.69) is 0 Å². The van der Waals surface area contributed by atoms with E-state index >= 15 is 0 Å². The third kappa shape index (κ3) is 1.85. The summed E-state index contributed by atoms with van der Waals surface area (Å²) in [7, 11) is 0. The summed E-state index contributed by atoms with van der Waals surface area (Å²) in [5.74, 6) is -0.870. The van der Waals surface area contributed by atoms with E-state index in [1.54, 1.807) is 13.0 Å². The molecule has 1 unspecified atom stereocenters. The summed E-state index contributed by atoms with van der Waals surface area (Å²) in [5.41, 5.74) is 0.359. The van der Waals surface area contributed by atoms with Gasteiger partial charge in [-0.15, -0.1) is 0 Å². The Morgan fingerprint density at radius 2 is 2.44 bits per heavy atom. The molecule has 1 rings (SSSR count). The van der Waals surface area contributed by atoms with Crippen LogP contribution in [-0.4, -0.2) is 23.8 Å². The number of epoxide rings is 1. The Morgan fingerprint density at radius 1 is 1.89 bits per heavy atom. The van der Waals surface area contributed by atoms with E-state index in [0.717, 1.165) is 0 Å². The smallest absolute Gasteiger partial charge is 0.331 e. The Morgan fingerprint density at radius 3 is 2.78 bits per heavy atom. The van der Waals surface area contributed by atoms with E-state index in [9.17, 15) is 4.79 Å². The molecule has 0 aliphatic carbocycles. The van der Waals surface area contributed by atoms with Crippen LogP contribution >= 0.6 is 0 Å². The van der Waals surface area contributed by atoms with Crippen LogP contribution in [0.5, 0.6) is 0 Å². The molecule has 3 heteroatoms. The summed E-state index contributed by atoms with van der Waals surface area (Å²) in [4.78, 5) is 10.1. The fourth-order valence-corrected chi connectivity index (χ4v) is 0.502. The maximum Gasteiger partial charge on any atom is 0.331 e. The second kappa shape index (κ2) is 2.19. The molecular weight excluding hydrogens is 120 g/mol. The highest BCUT2D eigenvalue weighted by Gasteiger charge is 2.20. The highest BCUT2D eigenvalue weighted by atomic mass is 16.6. The Hall–Kier alpha value is -0.830. The first kappa shape index (κ1) is 6.29. The van der Waals surface area contributed by atoms with Gasteiger partial charge in [0.15, 0.2) is 0 Å². The number of carbonyl (C=O) groups is 1. The topological polar surface area (TPSA) is 49.8 Å². The van der Waals surface area contributed by atoms with E-state index in [-0.39, 0.29) is 6.10 Å². The first-order valence-corrected chi connectivity index (χ1v) is 2.73. The van der Waals surface area contributed by atoms with Gasteiger partial charge in [0.2, 0.25) is 0 Å². The van der Waals surface area contributed by atoms with Crippen molar-refractivity contribution in [3.05, 3.63) is 11.6 Å². The van der Waals surface area contributed by atoms with Crippen molar-refractivity contribution in [1.29, 1.82) is 0 Å². The van der Waals surface area contributed by atoms with Gasteiger partial charge in [0, 0.05) is 5.57 Å². The standard InChI is InChI=1S/C6H8O3/c1-4(6(7)8)2-5-3-9-5/h2,5H,3H2,1H3,(H,7,8). The first-order chi connectivity index (χ1) is 4.20. The number of carboxylic acids is 1. The normalized spacial score (nSPS) is 25.9. The fourth-order valence-electron chi connectivity index (χ4n) is 0.502. The van der Waals surface area contributed by atoms with Gasteiger partial charge in [0.25, 0.3) is 0 Å². The zero-order valence-corrected chi connectivity index (χ0v) is 5.13. The fraction of sp³-hybridized carbons (Fsp3) is 0.500. The van der Waals surface area contributed by atoms with E-state index < -0.39 is 5.97 Å². The van der Waals surface area contributed by atoms with Gasteiger partial charge in [-0.05, 0) is 13.0 Å². The lowest BCUT2D eigenvalue weighted by Crippen LogP contribution is -1.97. The molecule has 3 nitrogen and oxygen atoms in total. The molecule has 9 heavy (non-hydrogen) atoms. The van der Waals surface area contributed by atoms with Crippen molar-refractivity contribution in [3.63, 3.8) is 0 Å². The minimum Gasteiger partial charge on any atom is -0.478 e. The van der Waals surface area contributed by atoms with Crippen LogP contribution in [0.4, 0.5) is 0 Å². The van der Waals surface area contributed by atoms with Crippen molar-refractivity contribution in [2.24, 2.45) is 0 Å². The number of rotatable bonds is 2. The summed E-state index contributed by atoms with van der Waals surface area (Å²) in [6.45, 7) is 2.23. The zero-order valence-electron chi connectivity index (χ0n) is 5.13. The molecule has 1 aliphatic rings. The molecule has 0 aromatic carbocycles. The van der Waals surface area contributed by atoms with Gasteiger partial charge in [0.1, 0.15) is 0 Å². The largest absolute Gasteiger partial charge is 0.478 e. The molecule has 50 valence electrons. The van der Waals surface area contributed by atoms with Crippen LogP contribution in [0.15, 0.2) is 11.6 Å². The van der Waals surface area contributed by atoms with Crippen LogP contribution in [0.2, 0.25) is 0 Å². The number of hydrogen-bond donors (Lipinski definition) is 1. The average molecular weight is 128 g/mol. The molecule has 0 radical (unpaired) electrons. The maximum atomic E-state index is 10.1. The summed E-state index contributed by atoms with van der Waals surface area (Å²) >= 11 is 0. The van der Waals surface area contributed by atoms with Crippen LogP contribution in [-0.2, 0) is 9.53 Å².